The molecule has 0 aliphatic rings. The molecule has 3 rings (SSSR count). The van der Waals surface area contributed by atoms with Crippen molar-refractivity contribution < 1.29 is 8.78 Å². The van der Waals surface area contributed by atoms with Gasteiger partial charge in [-0.2, -0.15) is 0 Å². The molecule has 0 radical (unpaired) electrons. The number of nitrogens with two attached hydrogens (primary N) is 1. The van der Waals surface area contributed by atoms with Gasteiger partial charge in [0.05, 0.1) is 16.6 Å². The summed E-state index contributed by atoms with van der Waals surface area (Å²) in [4.78, 5) is 7.27. The monoisotopic (exact) mass is 259 g/mol. The van der Waals surface area contributed by atoms with Crippen molar-refractivity contribution in [3.63, 3.8) is 0 Å². The van der Waals surface area contributed by atoms with Crippen LogP contribution in [0.5, 0.6) is 0 Å². The summed E-state index contributed by atoms with van der Waals surface area (Å²) in [5, 5.41) is 0. The van der Waals surface area contributed by atoms with Gasteiger partial charge in [-0.3, -0.25) is 0 Å². The van der Waals surface area contributed by atoms with E-state index in [0.29, 0.717) is 22.6 Å². The number of halogens is 2. The van der Waals surface area contributed by atoms with Crippen molar-refractivity contribution in [2.24, 2.45) is 0 Å². The number of nitrogen functional groups attached to an aromatic ring is 1. The molecule has 3 aromatic rings. The van der Waals surface area contributed by atoms with E-state index in [0.717, 1.165) is 11.6 Å². The Morgan fingerprint density at radius 1 is 1.11 bits per heavy atom. The SMILES string of the molecule is Cc1cc(-c2nc3ccc(N)cc3[nH]2)c(F)cc1F. The molecule has 1 aromatic heterocycles. The molecule has 96 valence electrons. The van der Waals surface area contributed by atoms with Gasteiger partial charge < -0.3 is 10.7 Å². The lowest BCUT2D eigenvalue weighted by atomic mass is 10.1. The zero-order chi connectivity index (χ0) is 13.6. The number of imidazole rings is 1. The Labute approximate surface area is 108 Å². The van der Waals surface area contributed by atoms with Crippen LogP contribution in [0.25, 0.3) is 22.4 Å². The van der Waals surface area contributed by atoms with Gasteiger partial charge in [0.15, 0.2) is 0 Å². The van der Waals surface area contributed by atoms with Gasteiger partial charge in [-0.15, -0.1) is 0 Å². The predicted octanol–water partition coefficient (Wildman–Crippen LogP) is 3.40. The predicted molar refractivity (Wildman–Crippen MR) is 70.6 cm³/mol. The Kier molecular flexibility index (Phi) is 2.48. The third kappa shape index (κ3) is 1.93. The molecule has 0 spiro atoms. The van der Waals surface area contributed by atoms with E-state index in [-0.39, 0.29) is 5.56 Å². The van der Waals surface area contributed by atoms with Gasteiger partial charge in [-0.1, -0.05) is 0 Å². The molecule has 2 aromatic carbocycles. The number of aromatic amines is 1. The van der Waals surface area contributed by atoms with Crippen molar-refractivity contribution in [3.8, 4) is 11.4 Å². The lowest BCUT2D eigenvalue weighted by Crippen LogP contribution is -1.91. The minimum atomic E-state index is -0.643. The number of rotatable bonds is 1. The number of aromatic nitrogens is 2. The first-order chi connectivity index (χ1) is 9.04. The van der Waals surface area contributed by atoms with Gasteiger partial charge in [0.2, 0.25) is 0 Å². The third-order valence-corrected chi connectivity index (χ3v) is 3.01. The van der Waals surface area contributed by atoms with Gasteiger partial charge in [-0.05, 0) is 36.8 Å². The van der Waals surface area contributed by atoms with E-state index < -0.39 is 11.6 Å². The third-order valence-electron chi connectivity index (χ3n) is 3.01. The zero-order valence-corrected chi connectivity index (χ0v) is 10.2. The van der Waals surface area contributed by atoms with Crippen LogP contribution in [-0.4, -0.2) is 9.97 Å². The maximum absolute atomic E-state index is 13.8. The molecule has 3 nitrogen and oxygen atoms in total. The number of hydrogen-bond acceptors (Lipinski definition) is 2. The highest BCUT2D eigenvalue weighted by molar-refractivity contribution is 5.82. The van der Waals surface area contributed by atoms with E-state index in [1.165, 1.54) is 6.07 Å². The highest BCUT2D eigenvalue weighted by Crippen LogP contribution is 2.26. The van der Waals surface area contributed by atoms with Crippen LogP contribution >= 0.6 is 0 Å². The molecule has 3 N–H and O–H groups in total. The molecular weight excluding hydrogens is 248 g/mol. The van der Waals surface area contributed by atoms with E-state index in [2.05, 4.69) is 9.97 Å². The van der Waals surface area contributed by atoms with Gasteiger partial charge in [0.1, 0.15) is 17.5 Å². The van der Waals surface area contributed by atoms with Crippen LogP contribution in [0.1, 0.15) is 5.56 Å². The van der Waals surface area contributed by atoms with Crippen molar-refractivity contribution in [1.29, 1.82) is 0 Å². The zero-order valence-electron chi connectivity index (χ0n) is 10.2. The number of anilines is 1. The average Bonchev–Trinajstić information content (AvgIpc) is 2.76. The van der Waals surface area contributed by atoms with Crippen molar-refractivity contribution in [1.82, 2.24) is 9.97 Å². The van der Waals surface area contributed by atoms with Crippen molar-refractivity contribution >= 4 is 16.7 Å². The van der Waals surface area contributed by atoms with Crippen LogP contribution in [0, 0.1) is 18.6 Å². The number of aryl methyl sites for hydroxylation is 1. The molecule has 0 fully saturated rings. The maximum Gasteiger partial charge on any atom is 0.141 e. The minimum Gasteiger partial charge on any atom is -0.399 e. The van der Waals surface area contributed by atoms with E-state index in [4.69, 9.17) is 5.73 Å². The van der Waals surface area contributed by atoms with Gasteiger partial charge >= 0.3 is 0 Å². The minimum absolute atomic E-state index is 0.244. The van der Waals surface area contributed by atoms with E-state index in [1.54, 1.807) is 25.1 Å². The fraction of sp³-hybridized carbons (Fsp3) is 0.0714. The number of fused-ring (bicyclic) bond motifs is 1. The van der Waals surface area contributed by atoms with Crippen molar-refractivity contribution in [3.05, 3.63) is 47.5 Å². The summed E-state index contributed by atoms with van der Waals surface area (Å²) >= 11 is 0. The lowest BCUT2D eigenvalue weighted by molar-refractivity contribution is 0.579. The highest BCUT2D eigenvalue weighted by atomic mass is 19.1. The van der Waals surface area contributed by atoms with Crippen LogP contribution in [0.15, 0.2) is 30.3 Å². The molecule has 0 amide bonds. The summed E-state index contributed by atoms with van der Waals surface area (Å²) < 4.78 is 27.0. The molecule has 0 aliphatic heterocycles. The number of benzene rings is 2. The van der Waals surface area contributed by atoms with Crippen molar-refractivity contribution in [2.75, 3.05) is 5.73 Å². The van der Waals surface area contributed by atoms with Gasteiger partial charge in [0, 0.05) is 11.8 Å². The summed E-state index contributed by atoms with van der Waals surface area (Å²) in [6, 6.07) is 7.50. The normalized spacial score (nSPS) is 11.1. The standard InChI is InChI=1S/C14H11F2N3/c1-7-4-9(11(16)6-10(7)15)14-18-12-3-2-8(17)5-13(12)19-14/h2-6H,17H2,1H3,(H,18,19). The fourth-order valence-corrected chi connectivity index (χ4v) is 1.99. The van der Waals surface area contributed by atoms with Gasteiger partial charge in [-0.25, -0.2) is 13.8 Å². The molecule has 0 saturated carbocycles. The largest absolute Gasteiger partial charge is 0.399 e. The maximum atomic E-state index is 13.8. The molecule has 0 bridgehead atoms. The van der Waals surface area contributed by atoms with E-state index in [1.807, 2.05) is 0 Å². The Hall–Kier alpha value is -2.43. The first kappa shape index (κ1) is 11.6. The molecule has 19 heavy (non-hydrogen) atoms. The number of nitrogens with zero attached hydrogens (tertiary/aromatic N) is 1. The summed E-state index contributed by atoms with van der Waals surface area (Å²) in [5.41, 5.74) is 8.29. The van der Waals surface area contributed by atoms with Crippen LogP contribution in [0.2, 0.25) is 0 Å². The highest BCUT2D eigenvalue weighted by Gasteiger charge is 2.13. The molecule has 0 atom stereocenters. The topological polar surface area (TPSA) is 54.7 Å². The van der Waals surface area contributed by atoms with Crippen LogP contribution in [0.4, 0.5) is 14.5 Å². The summed E-state index contributed by atoms with van der Waals surface area (Å²) in [6.45, 7) is 1.58. The quantitative estimate of drug-likeness (QED) is 0.658. The van der Waals surface area contributed by atoms with Crippen LogP contribution < -0.4 is 5.73 Å². The van der Waals surface area contributed by atoms with Crippen LogP contribution in [-0.2, 0) is 0 Å². The fourth-order valence-electron chi connectivity index (χ4n) is 1.99. The summed E-state index contributed by atoms with van der Waals surface area (Å²) in [5.74, 6) is -0.849. The number of H-pyrrole nitrogens is 1. The Bertz CT molecular complexity index is 778. The summed E-state index contributed by atoms with van der Waals surface area (Å²) in [6.07, 6.45) is 0. The number of nitrogens with one attached hydrogen (secondary N) is 1. The Morgan fingerprint density at radius 3 is 2.68 bits per heavy atom. The summed E-state index contributed by atoms with van der Waals surface area (Å²) in [7, 11) is 0. The molecule has 0 unspecified atom stereocenters. The molecule has 1 heterocycles. The van der Waals surface area contributed by atoms with E-state index >= 15 is 0 Å². The second-order valence-corrected chi connectivity index (χ2v) is 4.44. The lowest BCUT2D eigenvalue weighted by Gasteiger charge is -2.02. The first-order valence-electron chi connectivity index (χ1n) is 5.76. The van der Waals surface area contributed by atoms with Crippen LogP contribution in [0.3, 0.4) is 0 Å². The van der Waals surface area contributed by atoms with E-state index in [9.17, 15) is 8.78 Å². The smallest absolute Gasteiger partial charge is 0.141 e. The van der Waals surface area contributed by atoms with Crippen molar-refractivity contribution in [2.45, 2.75) is 6.92 Å². The Balaban J connectivity index is 2.21. The van der Waals surface area contributed by atoms with Gasteiger partial charge in [0.25, 0.3) is 0 Å². The average molecular weight is 259 g/mol. The molecular formula is C14H11F2N3. The Morgan fingerprint density at radius 2 is 1.89 bits per heavy atom. The molecule has 5 heteroatoms. The first-order valence-corrected chi connectivity index (χ1v) is 5.76. The second kappa shape index (κ2) is 4.05. The molecule has 0 aliphatic carbocycles. The second-order valence-electron chi connectivity index (χ2n) is 4.44. The molecule has 0 saturated heterocycles. The number of hydrogen-bond donors (Lipinski definition) is 2.